The van der Waals surface area contributed by atoms with E-state index in [4.69, 9.17) is 15.2 Å². The summed E-state index contributed by atoms with van der Waals surface area (Å²) in [6.45, 7) is 5.29. The van der Waals surface area contributed by atoms with E-state index < -0.39 is 0 Å². The van der Waals surface area contributed by atoms with Crippen molar-refractivity contribution in [2.75, 3.05) is 18.9 Å². The minimum Gasteiger partial charge on any atom is -0.486 e. The molecule has 1 aliphatic rings. The number of nitrogens with two attached hydrogens (primary N) is 1. The first-order chi connectivity index (χ1) is 12.0. The predicted octanol–water partition coefficient (Wildman–Crippen LogP) is 3.10. The van der Waals surface area contributed by atoms with Gasteiger partial charge in [-0.3, -0.25) is 4.79 Å². The van der Waals surface area contributed by atoms with Crippen LogP contribution in [0.2, 0.25) is 0 Å². The van der Waals surface area contributed by atoms with E-state index in [-0.39, 0.29) is 17.9 Å². The van der Waals surface area contributed by atoms with Crippen LogP contribution in [-0.2, 0) is 11.2 Å². The molecule has 0 saturated carbocycles. The molecule has 1 amide bonds. The lowest BCUT2D eigenvalue weighted by Crippen LogP contribution is -2.33. The molecule has 0 saturated heterocycles. The molecule has 0 aliphatic carbocycles. The van der Waals surface area contributed by atoms with Gasteiger partial charge in [0, 0.05) is 5.69 Å². The number of amides is 1. The highest BCUT2D eigenvalue weighted by Gasteiger charge is 2.21. The van der Waals surface area contributed by atoms with Gasteiger partial charge in [0.25, 0.3) is 0 Å². The van der Waals surface area contributed by atoms with Gasteiger partial charge < -0.3 is 20.5 Å². The Hall–Kier alpha value is -2.69. The summed E-state index contributed by atoms with van der Waals surface area (Å²) in [7, 11) is 0. The lowest BCUT2D eigenvalue weighted by Gasteiger charge is -2.25. The van der Waals surface area contributed by atoms with Gasteiger partial charge in [-0.15, -0.1) is 0 Å². The van der Waals surface area contributed by atoms with Crippen LogP contribution in [0.5, 0.6) is 11.5 Å². The van der Waals surface area contributed by atoms with Gasteiger partial charge in [0.15, 0.2) is 11.5 Å². The molecule has 132 valence electrons. The second kappa shape index (κ2) is 7.47. The van der Waals surface area contributed by atoms with Crippen LogP contribution in [0.25, 0.3) is 0 Å². The summed E-state index contributed by atoms with van der Waals surface area (Å²) in [5, 5.41) is 3.14. The topological polar surface area (TPSA) is 73.6 Å². The fraction of sp³-hybridized carbons (Fsp3) is 0.350. The molecular weight excluding hydrogens is 316 g/mol. The minimum absolute atomic E-state index is 0.0154. The molecule has 0 aromatic heterocycles. The number of carbonyl (C=O) groups excluding carboxylic acids is 1. The van der Waals surface area contributed by atoms with Crippen molar-refractivity contribution in [3.05, 3.63) is 53.6 Å². The van der Waals surface area contributed by atoms with E-state index in [1.54, 1.807) is 0 Å². The van der Waals surface area contributed by atoms with Crippen LogP contribution >= 0.6 is 0 Å². The van der Waals surface area contributed by atoms with Crippen molar-refractivity contribution < 1.29 is 14.3 Å². The van der Waals surface area contributed by atoms with E-state index in [1.165, 1.54) is 0 Å². The van der Waals surface area contributed by atoms with Crippen LogP contribution in [0, 0.1) is 5.92 Å². The van der Waals surface area contributed by atoms with E-state index in [9.17, 15) is 4.79 Å². The van der Waals surface area contributed by atoms with E-state index in [0.717, 1.165) is 22.6 Å². The predicted molar refractivity (Wildman–Crippen MR) is 97.7 cm³/mol. The van der Waals surface area contributed by atoms with Crippen LogP contribution in [0.15, 0.2) is 42.5 Å². The summed E-state index contributed by atoms with van der Waals surface area (Å²) >= 11 is 0. The normalized spacial score (nSPS) is 14.2. The number of nitrogens with one attached hydrogen (secondary N) is 1. The molecule has 0 bridgehead atoms. The van der Waals surface area contributed by atoms with Crippen molar-refractivity contribution >= 4 is 11.6 Å². The highest BCUT2D eigenvalue weighted by Crippen LogP contribution is 2.34. The number of nitrogen functional groups attached to an aromatic ring is 1. The third kappa shape index (κ3) is 4.24. The summed E-state index contributed by atoms with van der Waals surface area (Å²) in [6, 6.07) is 13.1. The number of hydrogen-bond donors (Lipinski definition) is 2. The van der Waals surface area contributed by atoms with E-state index in [0.29, 0.717) is 25.3 Å². The first-order valence-corrected chi connectivity index (χ1v) is 8.56. The van der Waals surface area contributed by atoms with E-state index in [1.807, 2.05) is 42.5 Å². The molecule has 0 radical (unpaired) electrons. The zero-order chi connectivity index (χ0) is 17.8. The van der Waals surface area contributed by atoms with Crippen molar-refractivity contribution in [1.29, 1.82) is 0 Å². The molecule has 0 fully saturated rings. The van der Waals surface area contributed by atoms with Crippen molar-refractivity contribution in [2.45, 2.75) is 26.3 Å². The second-order valence-corrected chi connectivity index (χ2v) is 6.61. The number of rotatable bonds is 5. The number of benzene rings is 2. The lowest BCUT2D eigenvalue weighted by molar-refractivity contribution is -0.121. The summed E-state index contributed by atoms with van der Waals surface area (Å²) in [5.41, 5.74) is 8.34. The van der Waals surface area contributed by atoms with Crippen molar-refractivity contribution in [3.63, 3.8) is 0 Å². The second-order valence-electron chi connectivity index (χ2n) is 6.61. The minimum atomic E-state index is -0.0860. The highest BCUT2D eigenvalue weighted by molar-refractivity contribution is 5.79. The molecule has 1 atom stereocenters. The van der Waals surface area contributed by atoms with Crippen LogP contribution < -0.4 is 20.5 Å². The summed E-state index contributed by atoms with van der Waals surface area (Å²) < 4.78 is 11.2. The van der Waals surface area contributed by atoms with E-state index >= 15 is 0 Å². The molecule has 5 heteroatoms. The maximum Gasteiger partial charge on any atom is 0.224 e. The molecule has 1 heterocycles. The number of fused-ring (bicyclic) bond motifs is 1. The Bertz CT molecular complexity index is 741. The Morgan fingerprint density at radius 3 is 2.44 bits per heavy atom. The Labute approximate surface area is 148 Å². The average molecular weight is 340 g/mol. The smallest absolute Gasteiger partial charge is 0.224 e. The Kier molecular flexibility index (Phi) is 5.12. The first kappa shape index (κ1) is 17.1. The van der Waals surface area contributed by atoms with Gasteiger partial charge in [-0.1, -0.05) is 32.0 Å². The molecule has 5 nitrogen and oxygen atoms in total. The largest absolute Gasteiger partial charge is 0.486 e. The highest BCUT2D eigenvalue weighted by atomic mass is 16.6. The third-order valence-electron chi connectivity index (χ3n) is 4.25. The quantitative estimate of drug-likeness (QED) is 0.820. The lowest BCUT2D eigenvalue weighted by atomic mass is 9.95. The van der Waals surface area contributed by atoms with Crippen LogP contribution in [0.4, 0.5) is 5.69 Å². The van der Waals surface area contributed by atoms with Crippen molar-refractivity contribution in [1.82, 2.24) is 5.32 Å². The maximum atomic E-state index is 12.5. The molecule has 1 aliphatic heterocycles. The van der Waals surface area contributed by atoms with Crippen LogP contribution in [0.3, 0.4) is 0 Å². The molecule has 1 unspecified atom stereocenters. The molecule has 25 heavy (non-hydrogen) atoms. The van der Waals surface area contributed by atoms with Gasteiger partial charge in [0.1, 0.15) is 13.2 Å². The Morgan fingerprint density at radius 2 is 1.76 bits per heavy atom. The average Bonchev–Trinajstić information content (AvgIpc) is 2.61. The van der Waals surface area contributed by atoms with Crippen LogP contribution in [0.1, 0.15) is 31.0 Å². The van der Waals surface area contributed by atoms with Gasteiger partial charge in [-0.05, 0) is 41.3 Å². The molecule has 3 rings (SSSR count). The van der Waals surface area contributed by atoms with Gasteiger partial charge in [0.05, 0.1) is 12.5 Å². The number of hydrogen-bond acceptors (Lipinski definition) is 4. The van der Waals surface area contributed by atoms with Crippen molar-refractivity contribution in [2.24, 2.45) is 5.92 Å². The van der Waals surface area contributed by atoms with Crippen LogP contribution in [-0.4, -0.2) is 19.1 Å². The molecule has 2 aromatic carbocycles. The summed E-state index contributed by atoms with van der Waals surface area (Å²) in [5.74, 6) is 1.73. The first-order valence-electron chi connectivity index (χ1n) is 8.56. The molecule has 2 aromatic rings. The van der Waals surface area contributed by atoms with Gasteiger partial charge >= 0.3 is 0 Å². The fourth-order valence-corrected chi connectivity index (χ4v) is 2.93. The third-order valence-corrected chi connectivity index (χ3v) is 4.25. The van der Waals surface area contributed by atoms with Gasteiger partial charge in [-0.2, -0.15) is 0 Å². The standard InChI is InChI=1S/C20H24N2O3/c1-13(2)20(15-5-8-17-18(12-15)25-10-9-24-17)22-19(23)11-14-3-6-16(21)7-4-14/h3-8,12-13,20H,9-11,21H2,1-2H3,(H,22,23). The summed E-state index contributed by atoms with van der Waals surface area (Å²) in [4.78, 5) is 12.5. The van der Waals surface area contributed by atoms with Gasteiger partial charge in [-0.25, -0.2) is 0 Å². The monoisotopic (exact) mass is 340 g/mol. The molecular formula is C20H24N2O3. The Morgan fingerprint density at radius 1 is 1.08 bits per heavy atom. The SMILES string of the molecule is CC(C)C(NC(=O)Cc1ccc(N)cc1)c1ccc2c(c1)OCCO2. The zero-order valence-electron chi connectivity index (χ0n) is 14.6. The van der Waals surface area contributed by atoms with Crippen molar-refractivity contribution in [3.8, 4) is 11.5 Å². The number of anilines is 1. The maximum absolute atomic E-state index is 12.5. The fourth-order valence-electron chi connectivity index (χ4n) is 2.93. The van der Waals surface area contributed by atoms with E-state index in [2.05, 4.69) is 19.2 Å². The molecule has 0 spiro atoms. The molecule has 3 N–H and O–H groups in total. The van der Waals surface area contributed by atoms with Gasteiger partial charge in [0.2, 0.25) is 5.91 Å². The summed E-state index contributed by atoms with van der Waals surface area (Å²) in [6.07, 6.45) is 0.327. The number of carbonyl (C=O) groups is 1. The zero-order valence-corrected chi connectivity index (χ0v) is 14.6. The number of ether oxygens (including phenoxy) is 2. The Balaban J connectivity index is 1.72.